The van der Waals surface area contributed by atoms with Crippen LogP contribution < -0.4 is 15.2 Å². The van der Waals surface area contributed by atoms with Crippen LogP contribution in [0.2, 0.25) is 5.02 Å². The molecule has 1 unspecified atom stereocenters. The van der Waals surface area contributed by atoms with E-state index in [-0.39, 0.29) is 16.3 Å². The van der Waals surface area contributed by atoms with Gasteiger partial charge in [-0.25, -0.2) is 8.78 Å². The third-order valence-electron chi connectivity index (χ3n) is 2.11. The van der Waals surface area contributed by atoms with Crippen molar-refractivity contribution in [2.24, 2.45) is 5.73 Å². The average Bonchev–Trinajstić information content (AvgIpc) is 2.26. The highest BCUT2D eigenvalue weighted by Gasteiger charge is 2.21. The summed E-state index contributed by atoms with van der Waals surface area (Å²) in [5, 5.41) is 0.188. The fraction of sp³-hybridized carbons (Fsp3) is 0.400. The summed E-state index contributed by atoms with van der Waals surface area (Å²) in [4.78, 5) is 0. The number of hydrogen-bond acceptors (Lipinski definition) is 3. The van der Waals surface area contributed by atoms with Gasteiger partial charge in [0.05, 0.1) is 25.3 Å². The highest BCUT2D eigenvalue weighted by atomic mass is 35.5. The highest BCUT2D eigenvalue weighted by Crippen LogP contribution is 2.38. The van der Waals surface area contributed by atoms with E-state index in [2.05, 4.69) is 0 Å². The van der Waals surface area contributed by atoms with Crippen molar-refractivity contribution >= 4 is 11.6 Å². The monoisotopic (exact) mass is 251 g/mol. The van der Waals surface area contributed by atoms with Crippen LogP contribution in [-0.4, -0.2) is 20.6 Å². The van der Waals surface area contributed by atoms with Gasteiger partial charge in [-0.15, -0.1) is 0 Å². The fourth-order valence-corrected chi connectivity index (χ4v) is 1.57. The minimum Gasteiger partial charge on any atom is -0.493 e. The molecule has 0 aromatic heterocycles. The van der Waals surface area contributed by atoms with Crippen LogP contribution >= 0.6 is 11.6 Å². The molecule has 0 saturated carbocycles. The van der Waals surface area contributed by atoms with Gasteiger partial charge in [0.15, 0.2) is 11.5 Å². The van der Waals surface area contributed by atoms with E-state index in [1.54, 1.807) is 0 Å². The van der Waals surface area contributed by atoms with Gasteiger partial charge in [-0.2, -0.15) is 0 Å². The van der Waals surface area contributed by atoms with Crippen LogP contribution in [0.5, 0.6) is 11.5 Å². The Bertz CT molecular complexity index is 374. The molecule has 0 aliphatic heterocycles. The first-order valence-electron chi connectivity index (χ1n) is 4.46. The first-order valence-corrected chi connectivity index (χ1v) is 4.84. The molecule has 0 aliphatic rings. The van der Waals surface area contributed by atoms with E-state index in [1.807, 2.05) is 0 Å². The van der Waals surface area contributed by atoms with Gasteiger partial charge in [0.1, 0.15) is 0 Å². The molecule has 0 spiro atoms. The number of benzene rings is 1. The van der Waals surface area contributed by atoms with E-state index in [9.17, 15) is 8.78 Å². The van der Waals surface area contributed by atoms with E-state index >= 15 is 0 Å². The van der Waals surface area contributed by atoms with Crippen LogP contribution in [0.3, 0.4) is 0 Å². The second kappa shape index (κ2) is 5.32. The Hall–Kier alpha value is -1.07. The molecule has 1 rings (SSSR count). The minimum absolute atomic E-state index is 0.188. The van der Waals surface area contributed by atoms with E-state index in [1.165, 1.54) is 26.4 Å². The maximum absolute atomic E-state index is 12.4. The molecule has 3 nitrogen and oxygen atoms in total. The van der Waals surface area contributed by atoms with Crippen molar-refractivity contribution in [1.82, 2.24) is 0 Å². The summed E-state index contributed by atoms with van der Waals surface area (Å²) in [6, 6.07) is 1.35. The maximum atomic E-state index is 12.4. The van der Waals surface area contributed by atoms with Crippen LogP contribution in [0.4, 0.5) is 8.78 Å². The topological polar surface area (TPSA) is 44.5 Å². The van der Waals surface area contributed by atoms with E-state index in [0.29, 0.717) is 5.75 Å². The van der Waals surface area contributed by atoms with Crippen LogP contribution in [0.25, 0.3) is 0 Å². The van der Waals surface area contributed by atoms with Crippen LogP contribution in [-0.2, 0) is 0 Å². The van der Waals surface area contributed by atoms with E-state index < -0.39 is 12.5 Å². The minimum atomic E-state index is -2.66. The van der Waals surface area contributed by atoms with Gasteiger partial charge < -0.3 is 15.2 Å². The van der Waals surface area contributed by atoms with Crippen molar-refractivity contribution in [3.05, 3.63) is 22.7 Å². The fourth-order valence-electron chi connectivity index (χ4n) is 1.28. The number of rotatable bonds is 4. The average molecular weight is 252 g/mol. The quantitative estimate of drug-likeness (QED) is 0.895. The SMILES string of the molecule is COc1cc(C(N)C(F)F)cc(Cl)c1OC. The molecule has 0 heterocycles. The predicted octanol–water partition coefficient (Wildman–Crippen LogP) is 2.62. The normalized spacial score (nSPS) is 12.7. The van der Waals surface area contributed by atoms with Gasteiger partial charge in [0.25, 0.3) is 6.43 Å². The number of alkyl halides is 2. The first kappa shape index (κ1) is 13.0. The molecule has 1 aromatic rings. The number of methoxy groups -OCH3 is 2. The Labute approximate surface area is 97.1 Å². The summed E-state index contributed by atoms with van der Waals surface area (Å²) in [7, 11) is 2.81. The summed E-state index contributed by atoms with van der Waals surface area (Å²) in [6.45, 7) is 0. The van der Waals surface area contributed by atoms with Crippen molar-refractivity contribution in [3.63, 3.8) is 0 Å². The van der Waals surface area contributed by atoms with Crippen molar-refractivity contribution in [2.45, 2.75) is 12.5 Å². The number of ether oxygens (including phenoxy) is 2. The first-order chi connectivity index (χ1) is 7.51. The Kier molecular flexibility index (Phi) is 4.32. The summed E-state index contributed by atoms with van der Waals surface area (Å²) in [5.74, 6) is 0.579. The van der Waals surface area contributed by atoms with Gasteiger partial charge in [0, 0.05) is 0 Å². The van der Waals surface area contributed by atoms with Crippen molar-refractivity contribution in [2.75, 3.05) is 14.2 Å². The lowest BCUT2D eigenvalue weighted by Crippen LogP contribution is -2.19. The molecule has 1 aromatic carbocycles. The van der Waals surface area contributed by atoms with Crippen molar-refractivity contribution in [3.8, 4) is 11.5 Å². The van der Waals surface area contributed by atoms with Gasteiger partial charge in [0.2, 0.25) is 0 Å². The van der Waals surface area contributed by atoms with Crippen molar-refractivity contribution < 1.29 is 18.3 Å². The molecule has 16 heavy (non-hydrogen) atoms. The molecule has 0 amide bonds. The lowest BCUT2D eigenvalue weighted by atomic mass is 10.1. The molecule has 0 radical (unpaired) electrons. The van der Waals surface area contributed by atoms with Gasteiger partial charge in [-0.05, 0) is 17.7 Å². The largest absolute Gasteiger partial charge is 0.493 e. The van der Waals surface area contributed by atoms with Crippen LogP contribution in [0, 0.1) is 0 Å². The number of halogens is 3. The number of hydrogen-bond donors (Lipinski definition) is 1. The smallest absolute Gasteiger partial charge is 0.257 e. The van der Waals surface area contributed by atoms with E-state index in [0.717, 1.165) is 0 Å². The molecule has 6 heteroatoms. The zero-order valence-electron chi connectivity index (χ0n) is 8.84. The third kappa shape index (κ3) is 2.54. The Morgan fingerprint density at radius 2 is 1.88 bits per heavy atom. The predicted molar refractivity (Wildman–Crippen MR) is 57.5 cm³/mol. The summed E-state index contributed by atoms with van der Waals surface area (Å²) >= 11 is 5.86. The molecule has 1 atom stereocenters. The molecular formula is C10H12ClF2NO2. The van der Waals surface area contributed by atoms with Crippen LogP contribution in [0.15, 0.2) is 12.1 Å². The second-order valence-electron chi connectivity index (χ2n) is 3.10. The summed E-state index contributed by atoms with van der Waals surface area (Å²) < 4.78 is 34.8. The molecule has 90 valence electrons. The number of nitrogens with two attached hydrogens (primary N) is 1. The Morgan fingerprint density at radius 3 is 2.31 bits per heavy atom. The Balaban J connectivity index is 3.20. The molecule has 0 saturated heterocycles. The molecule has 0 bridgehead atoms. The molecule has 2 N–H and O–H groups in total. The molecule has 0 aliphatic carbocycles. The zero-order chi connectivity index (χ0) is 12.3. The summed E-state index contributed by atoms with van der Waals surface area (Å²) in [6.07, 6.45) is -2.66. The van der Waals surface area contributed by atoms with Gasteiger partial charge in [-0.3, -0.25) is 0 Å². The lowest BCUT2D eigenvalue weighted by molar-refractivity contribution is 0.116. The molecular weight excluding hydrogens is 240 g/mol. The van der Waals surface area contributed by atoms with E-state index in [4.69, 9.17) is 26.8 Å². The zero-order valence-corrected chi connectivity index (χ0v) is 9.59. The lowest BCUT2D eigenvalue weighted by Gasteiger charge is -2.15. The molecule has 0 fully saturated rings. The highest BCUT2D eigenvalue weighted by molar-refractivity contribution is 6.32. The third-order valence-corrected chi connectivity index (χ3v) is 2.39. The van der Waals surface area contributed by atoms with Gasteiger partial charge >= 0.3 is 0 Å². The Morgan fingerprint density at radius 1 is 1.25 bits per heavy atom. The standard InChI is InChI=1S/C10H12ClF2NO2/c1-15-7-4-5(8(14)10(12)13)3-6(11)9(7)16-2/h3-4,8,10H,14H2,1-2H3. The second-order valence-corrected chi connectivity index (χ2v) is 3.51. The van der Waals surface area contributed by atoms with Crippen molar-refractivity contribution in [1.29, 1.82) is 0 Å². The summed E-state index contributed by atoms with van der Waals surface area (Å²) in [5.41, 5.74) is 5.52. The van der Waals surface area contributed by atoms with Gasteiger partial charge in [-0.1, -0.05) is 11.6 Å². The maximum Gasteiger partial charge on any atom is 0.257 e. The van der Waals surface area contributed by atoms with Crippen LogP contribution in [0.1, 0.15) is 11.6 Å².